The van der Waals surface area contributed by atoms with E-state index in [0.717, 1.165) is 82.7 Å². The smallest absolute Gasteiger partial charge is 1.00 e. The number of carbonyl (C=O) groups excluding carboxylic acids is 9. The number of phenols is 1. The largest absolute Gasteiger partial charge is 1.00 e. The molecule has 0 spiro atoms. The van der Waals surface area contributed by atoms with Crippen LogP contribution in [0.4, 0.5) is 21.2 Å². The number of Topliss-reactive ketones (excluding diaryl/α,β-unsaturated/α-hetero) is 2. The number of fused-ring (bicyclic) bond motifs is 2. The fraction of sp³-hybridized carbons (Fsp3) is 0.384. The summed E-state index contributed by atoms with van der Waals surface area (Å²) in [6.45, 7) is 22.3. The van der Waals surface area contributed by atoms with Gasteiger partial charge in [0.05, 0.1) is 117 Å². The Labute approximate surface area is 990 Å². The number of azide groups is 1. The Balaban J connectivity index is 0.000000459. The summed E-state index contributed by atoms with van der Waals surface area (Å²) in [5.41, 5.74) is 16.7. The Morgan fingerprint density at radius 1 is 0.490 bits per heavy atom. The van der Waals surface area contributed by atoms with E-state index in [4.69, 9.17) is 67.7 Å². The molecule has 34 nitrogen and oxygen atoms in total. The van der Waals surface area contributed by atoms with Gasteiger partial charge in [-0.3, -0.25) is 43.4 Å². The molecule has 4 amide bonds. The number of methoxy groups -OCH3 is 2. The Morgan fingerprint density at radius 2 is 0.879 bits per heavy atom. The van der Waals surface area contributed by atoms with Gasteiger partial charge in [0.2, 0.25) is 11.8 Å². The number of hydrogen-bond donors (Lipinski definition) is 3. The number of nitrogens with one attached hydrogen (secondary N) is 2. The van der Waals surface area contributed by atoms with Crippen molar-refractivity contribution in [2.75, 3.05) is 122 Å². The number of phenolic OH excluding ortho intramolecular Hbond substituents is 1. The third-order valence-electron chi connectivity index (χ3n) is 22.5. The third kappa shape index (κ3) is 46.4. The van der Waals surface area contributed by atoms with Crippen molar-refractivity contribution in [3.8, 4) is 33.8 Å². The Morgan fingerprint density at radius 3 is 1.28 bits per heavy atom. The first-order valence-electron chi connectivity index (χ1n) is 48.4. The Kier molecular flexibility index (Phi) is 58.6. The van der Waals surface area contributed by atoms with Gasteiger partial charge in [-0.25, -0.2) is 28.0 Å². The van der Waals surface area contributed by atoms with Crippen LogP contribution in [0, 0.1) is 20.8 Å². The molecule has 149 heavy (non-hydrogen) atoms. The van der Waals surface area contributed by atoms with Crippen molar-refractivity contribution in [2.24, 2.45) is 5.11 Å². The molecule has 0 saturated heterocycles. The Bertz CT molecular complexity index is 6190. The van der Waals surface area contributed by atoms with Gasteiger partial charge >= 0.3 is 162 Å². The van der Waals surface area contributed by atoms with Gasteiger partial charge < -0.3 is 79.4 Å². The molecule has 0 bridgehead atoms. The topological polar surface area (TPSA) is 447 Å². The zero-order valence-corrected chi connectivity index (χ0v) is 101. The maximum atomic E-state index is 14.3. The van der Waals surface area contributed by atoms with Crippen LogP contribution in [0.1, 0.15) is 152 Å². The minimum Gasteiger partial charge on any atom is -1.00 e. The van der Waals surface area contributed by atoms with Gasteiger partial charge in [0.15, 0.2) is 21.4 Å². The molecule has 0 saturated carbocycles. The number of ketones is 2. The van der Waals surface area contributed by atoms with Crippen LogP contribution in [0.3, 0.4) is 0 Å². The molecule has 3 N–H and O–H groups in total. The summed E-state index contributed by atoms with van der Waals surface area (Å²) in [4.78, 5) is 133. The van der Waals surface area contributed by atoms with Crippen molar-refractivity contribution in [3.05, 3.63) is 292 Å². The number of carbonyl (C=O) groups is 9. The molecule has 11 aromatic rings. The average Bonchev–Trinajstić information content (AvgIpc) is 0.785. The number of amides is 4. The molecular formula is C112H135Cs2N9O25S. The van der Waals surface area contributed by atoms with Gasteiger partial charge in [0.25, 0.3) is 6.47 Å². The predicted octanol–water partition coefficient (Wildman–Crippen LogP) is 12.3. The number of anilines is 2. The molecule has 0 aliphatic carbocycles. The summed E-state index contributed by atoms with van der Waals surface area (Å²) < 4.78 is 84.2. The van der Waals surface area contributed by atoms with Crippen molar-refractivity contribution in [1.29, 1.82) is 0 Å². The van der Waals surface area contributed by atoms with Crippen LogP contribution in [0.15, 0.2) is 253 Å². The molecule has 37 heteroatoms. The molecular weight excluding hydrogens is 2170 g/mol. The first kappa shape index (κ1) is 127. The molecule has 2 heterocycles. The van der Waals surface area contributed by atoms with Crippen molar-refractivity contribution < 1.29 is 258 Å². The van der Waals surface area contributed by atoms with Crippen molar-refractivity contribution in [3.63, 3.8) is 0 Å². The van der Waals surface area contributed by atoms with E-state index in [0.29, 0.717) is 88.3 Å². The normalized spacial score (nSPS) is 11.8. The van der Waals surface area contributed by atoms with Crippen molar-refractivity contribution in [1.82, 2.24) is 20.6 Å². The van der Waals surface area contributed by atoms with E-state index < -0.39 is 80.9 Å². The van der Waals surface area contributed by atoms with Gasteiger partial charge in [0.1, 0.15) is 53.0 Å². The zero-order chi connectivity index (χ0) is 107. The van der Waals surface area contributed by atoms with Gasteiger partial charge in [0, 0.05) is 85.2 Å². The predicted molar refractivity (Wildman–Crippen MR) is 558 cm³/mol. The first-order valence-corrected chi connectivity index (χ1v) is 50.1. The average molecular weight is 2310 g/mol. The minimum absolute atomic E-state index is 0. The fourth-order valence-electron chi connectivity index (χ4n) is 15.1. The second-order valence-electron chi connectivity index (χ2n) is 36.1. The second-order valence-corrected chi connectivity index (χ2v) is 38.4. The van der Waals surface area contributed by atoms with Crippen LogP contribution in [0.5, 0.6) is 11.5 Å². The molecule has 0 aliphatic rings. The monoisotopic (exact) mass is 2300 g/mol. The van der Waals surface area contributed by atoms with E-state index in [1.54, 1.807) is 91.2 Å². The van der Waals surface area contributed by atoms with E-state index in [1.165, 1.54) is 24.0 Å². The minimum atomic E-state index is -3.01. The standard InChI is InChI=1S/C56H70N6O12.C46H51N3O8.C9H12O2S.CH2O3.2Cs.H/c1-41-23-24-58-52(36-41)62(55(66)74-56(2,3)4)26-11-16-53(64)60-49(40-72-39-42-12-7-6-8-13-42)50(63)37-45(38-54(65)67-5)43-17-19-44(20-18-43)46-21-22-51(48-15-10-9-14-47(46)48)73-35-34-71-33-32-70-31-30-69-29-28-68-27-25-59-61-57;1-31-23-24-47-42(26-31)49(45(54)57-46(2,3)4)25-11-16-43(52)48-39(30-56-29-32-12-7-6-8-13-32)41(51)27-35(28-44(53)55-5)33-17-19-34(20-18-33)36-21-22-40(50)38-15-10-9-14-37(36)38;1-3-12(10,11)9-6-4-8(2)5-7-9;2-1-4-3;;;/h6-10,12-15,17-24,36,45,49H,11,16,25-35,37-40H2,1-5H3,(H,60,64);6-10,12-15,17-24,26,35,39,50H,11,16,25,27-30H2,1-5H3,(H,48,52);4-7H,3H2,1-2H3;1,3H;;;/q;;;;2*+1;-1/p-1/t45-,49-;35-,39-;;;;;/m00...../s1. The SMILES string of the molecule is CCS(=O)(=O)c1ccc(C)cc1.COC(=O)C[C@H](CC(=O)[C@H](COCc1ccccc1)NC(=O)CCCN(C(=O)OC(C)(C)C)c1cc(C)ccn1)c1ccc(-c2ccc(O)c3ccccc23)cc1.COC(=O)C[C@H](CC(=O)[C@H](COCc1ccccc1)NC(=O)CCCN(C(=O)OC(C)(C)C)c1cc(C)ccn1)c1ccc(-c2ccc(OCCOCCOCCOCCOCCN=[N+]=[N-])c3ccccc23)cc1.O=CO[O-].[Cs+].[Cs+].[H-]. The number of nitrogens with zero attached hydrogens (tertiary/aromatic N) is 7. The second kappa shape index (κ2) is 68.6. The number of hydrogen-bond acceptors (Lipinski definition) is 28. The number of benzene rings is 9. The van der Waals surface area contributed by atoms with Gasteiger partial charge in [-0.15, -0.1) is 0 Å². The van der Waals surface area contributed by atoms with Crippen molar-refractivity contribution >= 4 is 97.0 Å². The number of aryl methyl sites for hydroxylation is 3. The number of esters is 2. The van der Waals surface area contributed by atoms with Crippen LogP contribution in [0.2, 0.25) is 0 Å². The van der Waals surface area contributed by atoms with Gasteiger partial charge in [-0.1, -0.05) is 200 Å². The fourth-order valence-corrected chi connectivity index (χ4v) is 16.0. The summed E-state index contributed by atoms with van der Waals surface area (Å²) in [7, 11) is -0.400. The van der Waals surface area contributed by atoms with Crippen LogP contribution in [0.25, 0.3) is 54.2 Å². The molecule has 0 fully saturated rings. The number of aromatic hydroxyl groups is 1. The summed E-state index contributed by atoms with van der Waals surface area (Å²) in [5.74, 6) is -1.61. The van der Waals surface area contributed by atoms with Crippen LogP contribution < -0.4 is 168 Å². The summed E-state index contributed by atoms with van der Waals surface area (Å²) >= 11 is 0. The summed E-state index contributed by atoms with van der Waals surface area (Å²) in [6.07, 6.45) is 2.30. The molecule has 9 aromatic carbocycles. The number of sulfone groups is 1. The van der Waals surface area contributed by atoms with Gasteiger partial charge in [-0.2, -0.15) is 0 Å². The first-order chi connectivity index (χ1) is 70.6. The quantitative estimate of drug-likeness (QED) is 0.00367. The molecule has 4 atom stereocenters. The third-order valence-corrected chi connectivity index (χ3v) is 24.3. The maximum absolute atomic E-state index is 14.3. The summed E-state index contributed by atoms with van der Waals surface area (Å²) in [5, 5.41) is 31.5. The molecule has 11 rings (SSSR count). The number of rotatable bonds is 53. The number of pyridine rings is 2. The van der Waals surface area contributed by atoms with E-state index in [9.17, 15) is 51.9 Å². The molecule has 786 valence electrons. The van der Waals surface area contributed by atoms with Crippen molar-refractivity contribution in [2.45, 2.75) is 174 Å². The number of ether oxygens (including phenoxy) is 11. The van der Waals surface area contributed by atoms with E-state index in [-0.39, 0.29) is 260 Å². The van der Waals surface area contributed by atoms with E-state index in [2.05, 4.69) is 35.5 Å². The number of aromatic nitrogens is 2. The van der Waals surface area contributed by atoms with Gasteiger partial charge in [-0.05, 0) is 196 Å². The molecule has 0 aliphatic heterocycles. The van der Waals surface area contributed by atoms with E-state index >= 15 is 0 Å². The molecule has 0 radical (unpaired) electrons. The molecule has 2 aromatic heterocycles. The zero-order valence-electron chi connectivity index (χ0n) is 88.4. The van der Waals surface area contributed by atoms with Crippen LogP contribution in [-0.2, 0) is 109 Å². The molecule has 0 unspecified atom stereocenters. The van der Waals surface area contributed by atoms with Crippen LogP contribution in [-0.4, -0.2) is 213 Å². The summed E-state index contributed by atoms with van der Waals surface area (Å²) in [6, 6.07) is 69.5. The maximum Gasteiger partial charge on any atom is 1.00 e. The van der Waals surface area contributed by atoms with Crippen LogP contribution >= 0.6 is 0 Å². The van der Waals surface area contributed by atoms with E-state index in [1.807, 2.05) is 221 Å². The Hall–Kier alpha value is -10.3.